The number of anilines is 1. The third-order valence-corrected chi connectivity index (χ3v) is 6.67. The summed E-state index contributed by atoms with van der Waals surface area (Å²) in [7, 11) is 1.33. The molecule has 3 heterocycles. The summed E-state index contributed by atoms with van der Waals surface area (Å²) in [6, 6.07) is 5.62. The molecule has 0 spiro atoms. The van der Waals surface area contributed by atoms with Crippen LogP contribution in [-0.2, 0) is 15.9 Å². The van der Waals surface area contributed by atoms with E-state index in [0.717, 1.165) is 23.2 Å². The summed E-state index contributed by atoms with van der Waals surface area (Å²) in [6.07, 6.45) is 0.453. The second-order valence-electron chi connectivity index (χ2n) is 9.23. The Hall–Kier alpha value is -2.74. The van der Waals surface area contributed by atoms with Gasteiger partial charge in [0.05, 0.1) is 30.2 Å². The van der Waals surface area contributed by atoms with Crippen LogP contribution in [0.25, 0.3) is 11.3 Å². The summed E-state index contributed by atoms with van der Waals surface area (Å²) in [5, 5.41) is 0. The standard InChI is InChI=1S/C25H30F2N2O4/c1-14(2)20-7-16-8-21(28-6-5-17(12-28)33-13-24(26)27)19(25(31)32-4)9-18(16)22-10-23(30)15(3)11-29(20)22/h8-11,14,17,20,24H,5-7,12-13H2,1-4H3/t17-,20?/m0/s1. The molecule has 33 heavy (non-hydrogen) atoms. The Kier molecular flexibility index (Phi) is 6.56. The van der Waals surface area contributed by atoms with Crippen LogP contribution in [0.5, 0.6) is 0 Å². The van der Waals surface area contributed by atoms with E-state index in [-0.39, 0.29) is 17.6 Å². The van der Waals surface area contributed by atoms with Crippen molar-refractivity contribution in [3.63, 3.8) is 0 Å². The number of hydrogen-bond donors (Lipinski definition) is 0. The Morgan fingerprint density at radius 3 is 2.67 bits per heavy atom. The van der Waals surface area contributed by atoms with Crippen molar-refractivity contribution in [1.29, 1.82) is 0 Å². The van der Waals surface area contributed by atoms with Gasteiger partial charge in [-0.1, -0.05) is 13.8 Å². The fourth-order valence-electron chi connectivity index (χ4n) is 4.89. The van der Waals surface area contributed by atoms with E-state index in [9.17, 15) is 18.4 Å². The summed E-state index contributed by atoms with van der Waals surface area (Å²) in [4.78, 5) is 27.2. The predicted octanol–water partition coefficient (Wildman–Crippen LogP) is 4.22. The second kappa shape index (κ2) is 9.25. The average Bonchev–Trinajstić information content (AvgIpc) is 3.25. The number of aryl methyl sites for hydroxylation is 1. The van der Waals surface area contributed by atoms with E-state index in [2.05, 4.69) is 18.4 Å². The summed E-state index contributed by atoms with van der Waals surface area (Å²) in [5.41, 5.74) is 4.45. The third-order valence-electron chi connectivity index (χ3n) is 6.67. The zero-order valence-electron chi connectivity index (χ0n) is 19.4. The number of carbonyl (C=O) groups is 1. The van der Waals surface area contributed by atoms with Crippen LogP contribution in [-0.4, -0.2) is 49.9 Å². The van der Waals surface area contributed by atoms with E-state index in [1.165, 1.54) is 7.11 Å². The van der Waals surface area contributed by atoms with Crippen molar-refractivity contribution >= 4 is 11.7 Å². The molecule has 1 fully saturated rings. The Morgan fingerprint density at radius 1 is 1.24 bits per heavy atom. The van der Waals surface area contributed by atoms with Crippen molar-refractivity contribution in [2.24, 2.45) is 5.92 Å². The number of hydrogen-bond acceptors (Lipinski definition) is 5. The van der Waals surface area contributed by atoms with Gasteiger partial charge in [-0.15, -0.1) is 0 Å². The van der Waals surface area contributed by atoms with E-state index < -0.39 is 19.0 Å². The van der Waals surface area contributed by atoms with Crippen LogP contribution in [0.2, 0.25) is 0 Å². The lowest BCUT2D eigenvalue weighted by atomic mass is 9.86. The highest BCUT2D eigenvalue weighted by Gasteiger charge is 2.32. The largest absolute Gasteiger partial charge is 0.465 e. The van der Waals surface area contributed by atoms with Gasteiger partial charge >= 0.3 is 5.97 Å². The number of esters is 1. The van der Waals surface area contributed by atoms with Crippen molar-refractivity contribution in [2.75, 3.05) is 31.7 Å². The van der Waals surface area contributed by atoms with Crippen LogP contribution in [0.3, 0.4) is 0 Å². The van der Waals surface area contributed by atoms with Crippen LogP contribution in [0.15, 0.2) is 29.2 Å². The Balaban J connectivity index is 1.79. The number of aromatic nitrogens is 1. The maximum Gasteiger partial charge on any atom is 0.339 e. The van der Waals surface area contributed by atoms with Gasteiger partial charge < -0.3 is 18.9 Å². The van der Waals surface area contributed by atoms with Gasteiger partial charge in [0.15, 0.2) is 5.43 Å². The molecule has 2 atom stereocenters. The molecule has 0 amide bonds. The van der Waals surface area contributed by atoms with Gasteiger partial charge in [-0.25, -0.2) is 13.6 Å². The van der Waals surface area contributed by atoms with E-state index in [4.69, 9.17) is 9.47 Å². The number of ether oxygens (including phenoxy) is 2. The van der Waals surface area contributed by atoms with Gasteiger partial charge in [-0.2, -0.15) is 0 Å². The second-order valence-corrected chi connectivity index (χ2v) is 9.23. The molecule has 1 aromatic carbocycles. The van der Waals surface area contributed by atoms with E-state index in [1.807, 2.05) is 24.1 Å². The maximum absolute atomic E-state index is 12.7. The minimum Gasteiger partial charge on any atom is -0.465 e. The zero-order chi connectivity index (χ0) is 23.9. The molecular weight excluding hydrogens is 430 g/mol. The Morgan fingerprint density at radius 2 is 2.00 bits per heavy atom. The lowest BCUT2D eigenvalue weighted by Gasteiger charge is -2.34. The summed E-state index contributed by atoms with van der Waals surface area (Å²) in [6.45, 7) is 6.56. The minimum absolute atomic E-state index is 0.0427. The lowest BCUT2D eigenvalue weighted by Crippen LogP contribution is -2.29. The van der Waals surface area contributed by atoms with Crippen LogP contribution >= 0.6 is 0 Å². The first-order chi connectivity index (χ1) is 15.7. The summed E-state index contributed by atoms with van der Waals surface area (Å²) in [5.74, 6) is -0.141. The molecule has 0 radical (unpaired) electrons. The number of pyridine rings is 1. The average molecular weight is 461 g/mol. The quantitative estimate of drug-likeness (QED) is 0.604. The Bertz CT molecular complexity index is 1110. The zero-order valence-corrected chi connectivity index (χ0v) is 19.4. The first kappa shape index (κ1) is 23.4. The van der Waals surface area contributed by atoms with Gasteiger partial charge in [-0.3, -0.25) is 4.79 Å². The molecule has 2 aromatic rings. The molecule has 0 aliphatic carbocycles. The fraction of sp³-hybridized carbons (Fsp3) is 0.520. The number of rotatable bonds is 6. The van der Waals surface area contributed by atoms with Gasteiger partial charge in [-0.05, 0) is 43.4 Å². The molecule has 1 saturated heterocycles. The smallest absolute Gasteiger partial charge is 0.339 e. The van der Waals surface area contributed by atoms with E-state index in [0.29, 0.717) is 42.2 Å². The number of alkyl halides is 2. The van der Waals surface area contributed by atoms with Crippen molar-refractivity contribution in [3.05, 3.63) is 51.3 Å². The van der Waals surface area contributed by atoms with Gasteiger partial charge in [0.25, 0.3) is 6.43 Å². The molecule has 1 aromatic heterocycles. The minimum atomic E-state index is -2.51. The molecular formula is C25H30F2N2O4. The fourth-order valence-corrected chi connectivity index (χ4v) is 4.89. The maximum atomic E-state index is 12.7. The summed E-state index contributed by atoms with van der Waals surface area (Å²) >= 11 is 0. The molecule has 0 N–H and O–H groups in total. The Labute approximate surface area is 192 Å². The lowest BCUT2D eigenvalue weighted by molar-refractivity contribution is -0.0156. The highest BCUT2D eigenvalue weighted by Crippen LogP contribution is 2.41. The SMILES string of the molecule is COC(=O)c1cc2c(cc1N1CC[C@H](OCC(F)F)C1)CC(C(C)C)n1cc(C)c(=O)cc1-2. The van der Waals surface area contributed by atoms with Gasteiger partial charge in [0.1, 0.15) is 6.61 Å². The normalized spacial score (nSPS) is 19.7. The first-order valence-corrected chi connectivity index (χ1v) is 11.3. The number of carbonyl (C=O) groups excluding carboxylic acids is 1. The van der Waals surface area contributed by atoms with Gasteiger partial charge in [0.2, 0.25) is 0 Å². The van der Waals surface area contributed by atoms with Crippen LogP contribution in [0.1, 0.15) is 47.8 Å². The molecule has 178 valence electrons. The topological polar surface area (TPSA) is 60.8 Å². The first-order valence-electron chi connectivity index (χ1n) is 11.3. The molecule has 4 rings (SSSR count). The molecule has 8 heteroatoms. The molecule has 0 bridgehead atoms. The number of benzene rings is 1. The molecule has 6 nitrogen and oxygen atoms in total. The third kappa shape index (κ3) is 4.53. The van der Waals surface area contributed by atoms with Crippen LogP contribution < -0.4 is 10.3 Å². The van der Waals surface area contributed by atoms with Crippen LogP contribution in [0.4, 0.5) is 14.5 Å². The highest BCUT2D eigenvalue weighted by molar-refractivity contribution is 5.98. The van der Waals surface area contributed by atoms with Crippen molar-refractivity contribution in [1.82, 2.24) is 4.57 Å². The molecule has 2 aliphatic heterocycles. The summed E-state index contributed by atoms with van der Waals surface area (Å²) < 4.78 is 37.7. The predicted molar refractivity (Wildman–Crippen MR) is 122 cm³/mol. The van der Waals surface area contributed by atoms with Crippen molar-refractivity contribution in [2.45, 2.75) is 52.2 Å². The number of fused-ring (bicyclic) bond motifs is 3. The number of halogens is 2. The molecule has 1 unspecified atom stereocenters. The van der Waals surface area contributed by atoms with Gasteiger partial charge in [0, 0.05) is 42.5 Å². The van der Waals surface area contributed by atoms with E-state index >= 15 is 0 Å². The van der Waals surface area contributed by atoms with Crippen molar-refractivity contribution in [3.8, 4) is 11.3 Å². The monoisotopic (exact) mass is 460 g/mol. The van der Waals surface area contributed by atoms with Crippen molar-refractivity contribution < 1.29 is 23.0 Å². The number of methoxy groups -OCH3 is 1. The van der Waals surface area contributed by atoms with Crippen LogP contribution in [0, 0.1) is 12.8 Å². The highest BCUT2D eigenvalue weighted by atomic mass is 19.3. The number of nitrogens with zero attached hydrogens (tertiary/aromatic N) is 2. The molecule has 0 saturated carbocycles. The van der Waals surface area contributed by atoms with E-state index in [1.54, 1.807) is 12.1 Å². The molecule has 2 aliphatic rings.